The van der Waals surface area contributed by atoms with Gasteiger partial charge in [-0.25, -0.2) is 9.78 Å². The third-order valence-corrected chi connectivity index (χ3v) is 4.53. The molecule has 0 spiro atoms. The van der Waals surface area contributed by atoms with Gasteiger partial charge < -0.3 is 14.5 Å². The molecule has 0 aromatic carbocycles. The number of aromatic amines is 1. The molecule has 148 valence electrons. The van der Waals surface area contributed by atoms with Gasteiger partial charge >= 0.3 is 5.69 Å². The molecular weight excluding hydrogens is 366 g/mol. The molecule has 28 heavy (non-hydrogen) atoms. The molecule has 0 radical (unpaired) electrons. The second kappa shape index (κ2) is 8.51. The second-order valence-electron chi connectivity index (χ2n) is 6.35. The third-order valence-electron chi connectivity index (χ3n) is 4.53. The number of pyridine rings is 1. The molecule has 10 nitrogen and oxygen atoms in total. The fourth-order valence-electron chi connectivity index (χ4n) is 2.99. The first-order chi connectivity index (χ1) is 13.5. The van der Waals surface area contributed by atoms with E-state index in [0.717, 1.165) is 4.57 Å². The number of nitrogens with zero attached hydrogens (tertiary/aromatic N) is 4. The summed E-state index contributed by atoms with van der Waals surface area (Å²) in [4.78, 5) is 57.5. The summed E-state index contributed by atoms with van der Waals surface area (Å²) in [5.41, 5.74) is -0.675. The molecule has 2 amide bonds. The SMILES string of the molecule is COc1ccc(C(=O)N2CCCN(C(=O)Cn3ccc(=O)[nH]c3=O)CC2)cn1. The topological polar surface area (TPSA) is 118 Å². The molecular formula is C18H21N5O5. The van der Waals surface area contributed by atoms with Gasteiger partial charge in [0.2, 0.25) is 11.8 Å². The largest absolute Gasteiger partial charge is 0.481 e. The Hall–Kier alpha value is -3.43. The van der Waals surface area contributed by atoms with Crippen LogP contribution in [0.3, 0.4) is 0 Å². The lowest BCUT2D eigenvalue weighted by Crippen LogP contribution is -2.40. The lowest BCUT2D eigenvalue weighted by molar-refractivity contribution is -0.131. The van der Waals surface area contributed by atoms with Crippen molar-refractivity contribution >= 4 is 11.8 Å². The fraction of sp³-hybridized carbons (Fsp3) is 0.389. The van der Waals surface area contributed by atoms with Gasteiger partial charge in [-0.15, -0.1) is 0 Å². The van der Waals surface area contributed by atoms with Crippen molar-refractivity contribution in [3.8, 4) is 5.88 Å². The van der Waals surface area contributed by atoms with Crippen LogP contribution in [-0.4, -0.2) is 69.4 Å². The Morgan fingerprint density at radius 3 is 2.54 bits per heavy atom. The maximum Gasteiger partial charge on any atom is 0.328 e. The summed E-state index contributed by atoms with van der Waals surface area (Å²) in [5.74, 6) is 0.0394. The van der Waals surface area contributed by atoms with Crippen LogP contribution in [0.4, 0.5) is 0 Å². The quantitative estimate of drug-likeness (QED) is 0.742. The number of carbonyl (C=O) groups is 2. The minimum atomic E-state index is -0.625. The van der Waals surface area contributed by atoms with E-state index in [4.69, 9.17) is 4.74 Å². The maximum absolute atomic E-state index is 12.7. The van der Waals surface area contributed by atoms with Gasteiger partial charge in [0.15, 0.2) is 0 Å². The number of H-pyrrole nitrogens is 1. The van der Waals surface area contributed by atoms with Gasteiger partial charge in [0, 0.05) is 50.7 Å². The van der Waals surface area contributed by atoms with Crippen LogP contribution >= 0.6 is 0 Å². The van der Waals surface area contributed by atoms with Crippen molar-refractivity contribution in [1.82, 2.24) is 24.3 Å². The number of amides is 2. The highest BCUT2D eigenvalue weighted by Crippen LogP contribution is 2.12. The zero-order valence-electron chi connectivity index (χ0n) is 15.5. The highest BCUT2D eigenvalue weighted by Gasteiger charge is 2.23. The third kappa shape index (κ3) is 4.45. The smallest absolute Gasteiger partial charge is 0.328 e. The number of nitrogens with one attached hydrogen (secondary N) is 1. The van der Waals surface area contributed by atoms with Gasteiger partial charge in [0.05, 0.1) is 12.7 Å². The zero-order valence-corrected chi connectivity index (χ0v) is 15.5. The van der Waals surface area contributed by atoms with E-state index in [1.54, 1.807) is 21.9 Å². The first kappa shape index (κ1) is 19.3. The van der Waals surface area contributed by atoms with Crippen LogP contribution in [0.5, 0.6) is 5.88 Å². The molecule has 1 fully saturated rings. The Balaban J connectivity index is 1.62. The Kier molecular flexibility index (Phi) is 5.87. The molecule has 0 saturated carbocycles. The highest BCUT2D eigenvalue weighted by molar-refractivity contribution is 5.94. The van der Waals surface area contributed by atoms with Gasteiger partial charge in [-0.05, 0) is 12.5 Å². The summed E-state index contributed by atoms with van der Waals surface area (Å²) in [6.07, 6.45) is 3.39. The van der Waals surface area contributed by atoms with Crippen molar-refractivity contribution in [3.05, 3.63) is 57.0 Å². The molecule has 2 aromatic rings. The van der Waals surface area contributed by atoms with Crippen molar-refractivity contribution in [2.45, 2.75) is 13.0 Å². The summed E-state index contributed by atoms with van der Waals surface area (Å²) in [6, 6.07) is 4.48. The van der Waals surface area contributed by atoms with E-state index in [1.165, 1.54) is 25.6 Å². The molecule has 2 aromatic heterocycles. The summed E-state index contributed by atoms with van der Waals surface area (Å²) < 4.78 is 6.15. The highest BCUT2D eigenvalue weighted by atomic mass is 16.5. The minimum Gasteiger partial charge on any atom is -0.481 e. The minimum absolute atomic E-state index is 0.152. The summed E-state index contributed by atoms with van der Waals surface area (Å²) in [6.45, 7) is 1.60. The number of hydrogen-bond donors (Lipinski definition) is 1. The Morgan fingerprint density at radius 1 is 1.11 bits per heavy atom. The van der Waals surface area contributed by atoms with Crippen molar-refractivity contribution in [3.63, 3.8) is 0 Å². The Morgan fingerprint density at radius 2 is 1.86 bits per heavy atom. The number of rotatable bonds is 4. The van der Waals surface area contributed by atoms with Crippen LogP contribution in [0, 0.1) is 0 Å². The van der Waals surface area contributed by atoms with Gasteiger partial charge in [-0.2, -0.15) is 0 Å². The summed E-state index contributed by atoms with van der Waals surface area (Å²) in [7, 11) is 1.51. The molecule has 0 bridgehead atoms. The van der Waals surface area contributed by atoms with E-state index in [2.05, 4.69) is 9.97 Å². The van der Waals surface area contributed by atoms with Gasteiger partial charge in [-0.3, -0.25) is 23.9 Å². The van der Waals surface area contributed by atoms with Crippen molar-refractivity contribution in [1.29, 1.82) is 0 Å². The molecule has 1 aliphatic rings. The lowest BCUT2D eigenvalue weighted by atomic mass is 10.2. The van der Waals surface area contributed by atoms with Gasteiger partial charge in [-0.1, -0.05) is 0 Å². The average molecular weight is 387 g/mol. The molecule has 1 saturated heterocycles. The second-order valence-corrected chi connectivity index (χ2v) is 6.35. The number of ether oxygens (including phenoxy) is 1. The van der Waals surface area contributed by atoms with E-state index < -0.39 is 11.2 Å². The van der Waals surface area contributed by atoms with Crippen LogP contribution in [0.2, 0.25) is 0 Å². The lowest BCUT2D eigenvalue weighted by Gasteiger charge is -2.22. The van der Waals surface area contributed by atoms with E-state index in [0.29, 0.717) is 44.0 Å². The van der Waals surface area contributed by atoms with E-state index in [-0.39, 0.29) is 18.4 Å². The molecule has 0 aliphatic carbocycles. The summed E-state index contributed by atoms with van der Waals surface area (Å²) >= 11 is 0. The average Bonchev–Trinajstić information content (AvgIpc) is 2.96. The molecule has 0 unspecified atom stereocenters. The molecule has 0 atom stereocenters. The van der Waals surface area contributed by atoms with Crippen LogP contribution in [0.1, 0.15) is 16.8 Å². The standard InChI is InChI=1S/C18H21N5O5/c1-28-15-4-3-13(11-19-15)17(26)22-7-2-6-21(9-10-22)16(25)12-23-8-5-14(24)20-18(23)27/h3-5,8,11H,2,6-7,9-10,12H2,1H3,(H,20,24,27). The number of carbonyl (C=O) groups excluding carboxylic acids is 2. The number of aromatic nitrogens is 3. The van der Waals surface area contributed by atoms with Crippen LogP contribution in [0.25, 0.3) is 0 Å². The van der Waals surface area contributed by atoms with Crippen LogP contribution < -0.4 is 16.0 Å². The Labute approximate surface area is 160 Å². The zero-order chi connectivity index (χ0) is 20.1. The number of methoxy groups -OCH3 is 1. The van der Waals surface area contributed by atoms with E-state index in [9.17, 15) is 19.2 Å². The summed E-state index contributed by atoms with van der Waals surface area (Å²) in [5, 5.41) is 0. The first-order valence-electron chi connectivity index (χ1n) is 8.85. The van der Waals surface area contributed by atoms with Crippen LogP contribution in [0.15, 0.2) is 40.2 Å². The predicted molar refractivity (Wildman–Crippen MR) is 99.2 cm³/mol. The van der Waals surface area contributed by atoms with Gasteiger partial charge in [0.1, 0.15) is 6.54 Å². The van der Waals surface area contributed by atoms with Crippen molar-refractivity contribution in [2.75, 3.05) is 33.3 Å². The number of hydrogen-bond acceptors (Lipinski definition) is 6. The van der Waals surface area contributed by atoms with Gasteiger partial charge in [0.25, 0.3) is 11.5 Å². The first-order valence-corrected chi connectivity index (χ1v) is 8.85. The molecule has 1 aliphatic heterocycles. The van der Waals surface area contributed by atoms with Crippen molar-refractivity contribution < 1.29 is 14.3 Å². The molecule has 10 heteroatoms. The predicted octanol–water partition coefficient (Wildman–Crippen LogP) is -0.685. The van der Waals surface area contributed by atoms with E-state index in [1.807, 2.05) is 0 Å². The Bertz CT molecular complexity index is 965. The fourth-order valence-corrected chi connectivity index (χ4v) is 2.99. The van der Waals surface area contributed by atoms with Crippen LogP contribution in [-0.2, 0) is 11.3 Å². The molecule has 1 N–H and O–H groups in total. The maximum atomic E-state index is 12.7. The van der Waals surface area contributed by atoms with E-state index >= 15 is 0 Å². The molecule has 3 rings (SSSR count). The van der Waals surface area contributed by atoms with Crippen molar-refractivity contribution in [2.24, 2.45) is 0 Å². The normalized spacial score (nSPS) is 14.5. The monoisotopic (exact) mass is 387 g/mol. The molecule has 3 heterocycles.